The summed E-state index contributed by atoms with van der Waals surface area (Å²) in [6.07, 6.45) is 1.60. The summed E-state index contributed by atoms with van der Waals surface area (Å²) < 4.78 is 0. The summed E-state index contributed by atoms with van der Waals surface area (Å²) in [5.74, 6) is 0.322. The quantitative estimate of drug-likeness (QED) is 0.275. The number of nitrogens with one attached hydrogen (secondary N) is 1. The van der Waals surface area contributed by atoms with E-state index in [1.807, 2.05) is 0 Å². The molecular weight excluding hydrogens is 104 g/mol. The van der Waals surface area contributed by atoms with Crippen LogP contribution in [0.4, 0.5) is 0 Å². The predicted molar refractivity (Wildman–Crippen MR) is 34.8 cm³/mol. The lowest BCUT2D eigenvalue weighted by atomic mass is 10.9. The van der Waals surface area contributed by atoms with E-state index in [9.17, 15) is 0 Å². The van der Waals surface area contributed by atoms with Gasteiger partial charge in [0.1, 0.15) is 0 Å². The van der Waals surface area contributed by atoms with Crippen molar-refractivity contribution in [2.75, 3.05) is 7.05 Å². The Kier molecular flexibility index (Phi) is 3.56. The Morgan fingerprint density at radius 2 is 2.38 bits per heavy atom. The van der Waals surface area contributed by atoms with Gasteiger partial charge in [0, 0.05) is 13.3 Å². The van der Waals surface area contributed by atoms with Crippen molar-refractivity contribution in [1.82, 2.24) is 5.43 Å². The van der Waals surface area contributed by atoms with Crippen LogP contribution in [0, 0.1) is 0 Å². The summed E-state index contributed by atoms with van der Waals surface area (Å²) in [6.45, 7) is 1.79. The molecule has 0 bridgehead atoms. The van der Waals surface area contributed by atoms with Gasteiger partial charge in [0.2, 0.25) is 5.96 Å². The van der Waals surface area contributed by atoms with Gasteiger partial charge in [0.15, 0.2) is 0 Å². The third-order valence-electron chi connectivity index (χ3n) is 0.549. The molecule has 0 saturated heterocycles. The van der Waals surface area contributed by atoms with Crippen molar-refractivity contribution in [2.24, 2.45) is 15.8 Å². The number of hydrogen-bond donors (Lipinski definition) is 2. The van der Waals surface area contributed by atoms with Crippen molar-refractivity contribution in [3.05, 3.63) is 0 Å². The van der Waals surface area contributed by atoms with E-state index in [2.05, 4.69) is 15.5 Å². The third-order valence-corrected chi connectivity index (χ3v) is 0.549. The van der Waals surface area contributed by atoms with Gasteiger partial charge < -0.3 is 5.73 Å². The summed E-state index contributed by atoms with van der Waals surface area (Å²) in [4.78, 5) is 3.60. The number of nitrogens with two attached hydrogens (primary N) is 1. The molecule has 0 aromatic rings. The normalized spacial score (nSPS) is 12.5. The summed E-state index contributed by atoms with van der Waals surface area (Å²) in [5, 5.41) is 3.61. The Morgan fingerprint density at radius 1 is 1.75 bits per heavy atom. The second-order valence-electron chi connectivity index (χ2n) is 1.11. The van der Waals surface area contributed by atoms with E-state index in [1.165, 1.54) is 0 Å². The van der Waals surface area contributed by atoms with E-state index in [0.29, 0.717) is 5.96 Å². The van der Waals surface area contributed by atoms with E-state index in [1.54, 1.807) is 20.2 Å². The average molecular weight is 114 g/mol. The number of rotatable bonds is 1. The molecule has 0 aliphatic carbocycles. The molecule has 8 heavy (non-hydrogen) atoms. The van der Waals surface area contributed by atoms with Crippen LogP contribution in [0.25, 0.3) is 0 Å². The van der Waals surface area contributed by atoms with Gasteiger partial charge in [0.05, 0.1) is 0 Å². The van der Waals surface area contributed by atoms with Gasteiger partial charge in [-0.05, 0) is 6.92 Å². The van der Waals surface area contributed by atoms with E-state index < -0.39 is 0 Å². The van der Waals surface area contributed by atoms with Crippen LogP contribution in [-0.2, 0) is 0 Å². The first-order valence-electron chi connectivity index (χ1n) is 2.27. The number of nitrogens with zero attached hydrogens (tertiary/aromatic N) is 2. The number of aliphatic imine (C=N–C) groups is 1. The molecule has 3 N–H and O–H groups in total. The highest BCUT2D eigenvalue weighted by Gasteiger charge is 1.77. The molecule has 0 heterocycles. The Morgan fingerprint density at radius 3 is 2.75 bits per heavy atom. The molecule has 46 valence electrons. The first-order valence-corrected chi connectivity index (χ1v) is 2.27. The molecular formula is C4H10N4. The fraction of sp³-hybridized carbons (Fsp3) is 0.500. The largest absolute Gasteiger partial charge is 0.369 e. The summed E-state index contributed by atoms with van der Waals surface area (Å²) in [6, 6.07) is 0. The van der Waals surface area contributed by atoms with Gasteiger partial charge in [-0.3, -0.25) is 4.99 Å². The molecule has 0 spiro atoms. The zero-order valence-electron chi connectivity index (χ0n) is 5.05. The molecule has 0 aromatic carbocycles. The summed E-state index contributed by atoms with van der Waals surface area (Å²) in [5.41, 5.74) is 7.66. The van der Waals surface area contributed by atoms with E-state index >= 15 is 0 Å². The Bertz CT molecular complexity index is 105. The molecule has 0 amide bonds. The van der Waals surface area contributed by atoms with Gasteiger partial charge in [-0.25, -0.2) is 5.43 Å². The van der Waals surface area contributed by atoms with Crippen molar-refractivity contribution in [3.63, 3.8) is 0 Å². The van der Waals surface area contributed by atoms with Gasteiger partial charge in [-0.15, -0.1) is 0 Å². The second kappa shape index (κ2) is 4.11. The molecule has 0 fully saturated rings. The lowest BCUT2D eigenvalue weighted by molar-refractivity contribution is 1.01. The van der Waals surface area contributed by atoms with Crippen molar-refractivity contribution in [2.45, 2.75) is 6.92 Å². The minimum absolute atomic E-state index is 0.322. The highest BCUT2D eigenvalue weighted by molar-refractivity contribution is 5.78. The van der Waals surface area contributed by atoms with Gasteiger partial charge >= 0.3 is 0 Å². The fourth-order valence-corrected chi connectivity index (χ4v) is 0.181. The lowest BCUT2D eigenvalue weighted by Crippen LogP contribution is -2.26. The van der Waals surface area contributed by atoms with E-state index in [-0.39, 0.29) is 0 Å². The maximum absolute atomic E-state index is 5.18. The highest BCUT2D eigenvalue weighted by atomic mass is 15.3. The molecule has 0 atom stereocenters. The van der Waals surface area contributed by atoms with Crippen LogP contribution in [0.5, 0.6) is 0 Å². The molecule has 0 aromatic heterocycles. The predicted octanol–water partition coefficient (Wildman–Crippen LogP) is -0.474. The van der Waals surface area contributed by atoms with E-state index in [4.69, 9.17) is 5.73 Å². The first kappa shape index (κ1) is 6.94. The van der Waals surface area contributed by atoms with Crippen LogP contribution in [-0.4, -0.2) is 19.2 Å². The molecule has 0 unspecified atom stereocenters. The topological polar surface area (TPSA) is 62.8 Å². The number of hydrazone groups is 1. The highest BCUT2D eigenvalue weighted by Crippen LogP contribution is 1.56. The lowest BCUT2D eigenvalue weighted by Gasteiger charge is -1.92. The molecule has 4 heteroatoms. The first-order chi connectivity index (χ1) is 3.81. The van der Waals surface area contributed by atoms with Crippen molar-refractivity contribution >= 4 is 12.2 Å². The zero-order valence-corrected chi connectivity index (χ0v) is 5.05. The van der Waals surface area contributed by atoms with Crippen LogP contribution < -0.4 is 11.2 Å². The average Bonchev–Trinajstić information content (AvgIpc) is 1.83. The third kappa shape index (κ3) is 3.14. The minimum atomic E-state index is 0.322. The standard InChI is InChI=1S/C4H10N4/c1-3-7-8-4(5)6-2/h3H,1-2H3,(H3,5,6,8)/b7-3+. The summed E-state index contributed by atoms with van der Waals surface area (Å²) in [7, 11) is 1.59. The van der Waals surface area contributed by atoms with Gasteiger partial charge in [-0.1, -0.05) is 0 Å². The molecule has 0 rings (SSSR count). The maximum atomic E-state index is 5.18. The number of guanidine groups is 1. The van der Waals surface area contributed by atoms with Gasteiger partial charge in [-0.2, -0.15) is 5.10 Å². The summed E-state index contributed by atoms with van der Waals surface area (Å²) >= 11 is 0. The smallest absolute Gasteiger partial charge is 0.209 e. The van der Waals surface area contributed by atoms with E-state index in [0.717, 1.165) is 0 Å². The molecule has 0 aliphatic heterocycles. The SMILES string of the molecule is C/C=N/NC(N)=NC. The second-order valence-corrected chi connectivity index (χ2v) is 1.11. The van der Waals surface area contributed by atoms with Crippen LogP contribution in [0.15, 0.2) is 10.1 Å². The Balaban J connectivity index is 3.40. The maximum Gasteiger partial charge on any atom is 0.209 e. The van der Waals surface area contributed by atoms with Crippen LogP contribution in [0.2, 0.25) is 0 Å². The van der Waals surface area contributed by atoms with Gasteiger partial charge in [0.25, 0.3) is 0 Å². The molecule has 0 aliphatic rings. The Labute approximate surface area is 48.5 Å². The molecule has 0 radical (unpaired) electrons. The molecule has 0 saturated carbocycles. The van der Waals surface area contributed by atoms with Crippen LogP contribution in [0.3, 0.4) is 0 Å². The number of hydrogen-bond acceptors (Lipinski definition) is 2. The molecule has 4 nitrogen and oxygen atoms in total. The van der Waals surface area contributed by atoms with Crippen LogP contribution in [0.1, 0.15) is 6.92 Å². The zero-order chi connectivity index (χ0) is 6.41. The monoisotopic (exact) mass is 114 g/mol. The van der Waals surface area contributed by atoms with Crippen LogP contribution >= 0.6 is 0 Å². The van der Waals surface area contributed by atoms with Crippen molar-refractivity contribution < 1.29 is 0 Å². The fourth-order valence-electron chi connectivity index (χ4n) is 0.181. The van der Waals surface area contributed by atoms with Crippen molar-refractivity contribution in [1.29, 1.82) is 0 Å². The Hall–Kier alpha value is -1.06. The van der Waals surface area contributed by atoms with Crippen molar-refractivity contribution in [3.8, 4) is 0 Å². The minimum Gasteiger partial charge on any atom is -0.369 e.